The number of amides is 2. The minimum absolute atomic E-state index is 0.0375. The van der Waals surface area contributed by atoms with Gasteiger partial charge >= 0.3 is 0 Å². The number of fused-ring (bicyclic) bond motifs is 1. The highest BCUT2D eigenvalue weighted by molar-refractivity contribution is 8.01. The van der Waals surface area contributed by atoms with E-state index in [1.807, 2.05) is 6.92 Å². The van der Waals surface area contributed by atoms with Crippen LogP contribution in [0, 0.1) is 5.82 Å². The summed E-state index contributed by atoms with van der Waals surface area (Å²) < 4.78 is 13.7. The Balaban J connectivity index is 1.36. The Kier molecular flexibility index (Phi) is 5.13. The minimum Gasteiger partial charge on any atom is -0.315 e. The number of nitrogens with zero attached hydrogens (tertiary/aromatic N) is 3. The van der Waals surface area contributed by atoms with E-state index in [9.17, 15) is 14.0 Å². The maximum absolute atomic E-state index is 12.9. The predicted molar refractivity (Wildman–Crippen MR) is 105 cm³/mol. The smallest absolute Gasteiger partial charge is 0.249 e. The van der Waals surface area contributed by atoms with Gasteiger partial charge in [0.05, 0.1) is 4.87 Å². The van der Waals surface area contributed by atoms with E-state index in [2.05, 4.69) is 15.5 Å². The zero-order valence-electron chi connectivity index (χ0n) is 14.5. The van der Waals surface area contributed by atoms with Gasteiger partial charge in [-0.1, -0.05) is 35.2 Å². The van der Waals surface area contributed by atoms with Gasteiger partial charge in [0.25, 0.3) is 0 Å². The molecule has 3 heterocycles. The summed E-state index contributed by atoms with van der Waals surface area (Å²) in [6, 6.07) is 5.85. The second-order valence-electron chi connectivity index (χ2n) is 6.54. The van der Waals surface area contributed by atoms with E-state index in [-0.39, 0.29) is 22.5 Å². The highest BCUT2D eigenvalue weighted by atomic mass is 32.2. The molecule has 2 saturated heterocycles. The number of carbonyl (C=O) groups is 2. The van der Waals surface area contributed by atoms with Crippen LogP contribution in [-0.4, -0.2) is 43.6 Å². The molecule has 2 fully saturated rings. The van der Waals surface area contributed by atoms with Crippen LogP contribution in [0.5, 0.6) is 0 Å². The maximum Gasteiger partial charge on any atom is 0.249 e. The molecule has 2 aliphatic heterocycles. The number of hydrogen-bond acceptors (Lipinski definition) is 7. The number of rotatable bonds is 5. The van der Waals surface area contributed by atoms with Crippen molar-refractivity contribution in [3.05, 3.63) is 35.6 Å². The lowest BCUT2D eigenvalue weighted by molar-refractivity contribution is -0.135. The molecule has 1 aromatic heterocycles. The van der Waals surface area contributed by atoms with Crippen LogP contribution in [-0.2, 0) is 15.3 Å². The molecule has 142 valence electrons. The van der Waals surface area contributed by atoms with Gasteiger partial charge in [0.1, 0.15) is 11.9 Å². The van der Waals surface area contributed by atoms with E-state index in [4.69, 9.17) is 0 Å². The zero-order chi connectivity index (χ0) is 19.0. The summed E-state index contributed by atoms with van der Waals surface area (Å²) in [6.45, 7) is 2.02. The Morgan fingerprint density at radius 1 is 1.41 bits per heavy atom. The van der Waals surface area contributed by atoms with Gasteiger partial charge in [-0.15, -0.1) is 22.0 Å². The van der Waals surface area contributed by atoms with Crippen molar-refractivity contribution >= 4 is 51.8 Å². The molecule has 0 bridgehead atoms. The van der Waals surface area contributed by atoms with Gasteiger partial charge in [-0.25, -0.2) is 4.39 Å². The van der Waals surface area contributed by atoms with Gasteiger partial charge in [-0.05, 0) is 31.0 Å². The first-order valence-electron chi connectivity index (χ1n) is 8.42. The van der Waals surface area contributed by atoms with Gasteiger partial charge in [-0.3, -0.25) is 14.9 Å². The normalized spacial score (nSPS) is 24.3. The second-order valence-corrected chi connectivity index (χ2v) is 10.2. The number of benzene rings is 1. The molecule has 2 atom stereocenters. The van der Waals surface area contributed by atoms with Crippen LogP contribution in [0.1, 0.15) is 25.3 Å². The van der Waals surface area contributed by atoms with Crippen LogP contribution in [0.3, 0.4) is 0 Å². The number of thioether (sulfide) groups is 2. The summed E-state index contributed by atoms with van der Waals surface area (Å²) in [5.41, 5.74) is 0.983. The van der Waals surface area contributed by atoms with E-state index in [1.165, 1.54) is 35.2 Å². The summed E-state index contributed by atoms with van der Waals surface area (Å²) in [7, 11) is 0. The van der Waals surface area contributed by atoms with E-state index >= 15 is 0 Å². The Labute approximate surface area is 168 Å². The first kappa shape index (κ1) is 18.7. The minimum atomic E-state index is -0.464. The molecule has 0 unspecified atom stereocenters. The van der Waals surface area contributed by atoms with Crippen LogP contribution in [0.25, 0.3) is 0 Å². The molecule has 1 aromatic carbocycles. The van der Waals surface area contributed by atoms with Crippen molar-refractivity contribution in [2.75, 3.05) is 11.1 Å². The topological polar surface area (TPSA) is 75.2 Å². The molecule has 1 N–H and O–H groups in total. The zero-order valence-corrected chi connectivity index (χ0v) is 16.9. The first-order valence-corrected chi connectivity index (χ1v) is 11.2. The highest BCUT2D eigenvalue weighted by Gasteiger charge is 2.52. The quantitative estimate of drug-likeness (QED) is 0.586. The molecule has 0 radical (unpaired) electrons. The molecular formula is C17H17FN4O2S3. The Morgan fingerprint density at radius 2 is 2.19 bits per heavy atom. The number of nitrogens with one attached hydrogen (secondary N) is 1. The number of anilines is 1. The standard InChI is InChI=1S/C17H17FN4O2S3/c1-17-7-6-13(23)22(17)12(9-26-17)14(24)19-15-20-21-16(27-15)25-8-10-2-4-11(18)5-3-10/h2-5,12H,6-9H2,1H3,(H,19,20,24)/t12-,17-/m0/s1. The third kappa shape index (κ3) is 3.83. The maximum atomic E-state index is 12.9. The van der Waals surface area contributed by atoms with E-state index in [0.717, 1.165) is 16.3 Å². The van der Waals surface area contributed by atoms with E-state index in [0.29, 0.717) is 23.1 Å². The Morgan fingerprint density at radius 3 is 2.96 bits per heavy atom. The monoisotopic (exact) mass is 424 g/mol. The fraction of sp³-hybridized carbons (Fsp3) is 0.412. The summed E-state index contributed by atoms with van der Waals surface area (Å²) >= 11 is 4.43. The third-order valence-corrected chi connectivity index (χ3v) is 8.21. The van der Waals surface area contributed by atoms with Gasteiger partial charge in [0, 0.05) is 17.9 Å². The molecule has 2 aliphatic rings. The van der Waals surface area contributed by atoms with Crippen molar-refractivity contribution in [1.82, 2.24) is 15.1 Å². The Hall–Kier alpha value is -1.65. The number of halogens is 1. The molecule has 27 heavy (non-hydrogen) atoms. The molecule has 0 spiro atoms. The lowest BCUT2D eigenvalue weighted by Gasteiger charge is -2.29. The van der Waals surface area contributed by atoms with Gasteiger partial charge in [0.2, 0.25) is 16.9 Å². The molecule has 2 amide bonds. The fourth-order valence-corrected chi connectivity index (χ4v) is 6.39. The summed E-state index contributed by atoms with van der Waals surface area (Å²) in [4.78, 5) is 26.3. The molecule has 6 nitrogen and oxygen atoms in total. The average Bonchev–Trinajstić information content (AvgIpc) is 3.31. The third-order valence-electron chi connectivity index (χ3n) is 4.66. The molecule has 10 heteroatoms. The van der Waals surface area contributed by atoms with Gasteiger partial charge in [-0.2, -0.15) is 0 Å². The van der Waals surface area contributed by atoms with Crippen LogP contribution >= 0.6 is 34.9 Å². The summed E-state index contributed by atoms with van der Waals surface area (Å²) in [5, 5.41) is 11.3. The average molecular weight is 425 g/mol. The molecule has 0 saturated carbocycles. The molecule has 4 rings (SSSR count). The van der Waals surface area contributed by atoms with Crippen LogP contribution in [0.2, 0.25) is 0 Å². The lowest BCUT2D eigenvalue weighted by Crippen LogP contribution is -2.48. The summed E-state index contributed by atoms with van der Waals surface area (Å²) in [5.74, 6) is 0.799. The lowest BCUT2D eigenvalue weighted by atomic mass is 10.2. The number of hydrogen-bond donors (Lipinski definition) is 1. The van der Waals surface area contributed by atoms with Crippen molar-refractivity contribution in [1.29, 1.82) is 0 Å². The van der Waals surface area contributed by atoms with Crippen LogP contribution in [0.4, 0.5) is 9.52 Å². The largest absolute Gasteiger partial charge is 0.315 e. The van der Waals surface area contributed by atoms with E-state index < -0.39 is 6.04 Å². The van der Waals surface area contributed by atoms with Crippen molar-refractivity contribution < 1.29 is 14.0 Å². The van der Waals surface area contributed by atoms with Crippen molar-refractivity contribution in [3.63, 3.8) is 0 Å². The fourth-order valence-electron chi connectivity index (χ4n) is 3.25. The second kappa shape index (κ2) is 7.40. The van der Waals surface area contributed by atoms with Gasteiger partial charge < -0.3 is 4.90 Å². The van der Waals surface area contributed by atoms with Crippen molar-refractivity contribution in [2.45, 2.75) is 40.8 Å². The SMILES string of the molecule is C[C@]12CCC(=O)N1[C@H](C(=O)Nc1nnc(SCc3ccc(F)cc3)s1)CS2. The van der Waals surface area contributed by atoms with Crippen LogP contribution < -0.4 is 5.32 Å². The molecule has 0 aliphatic carbocycles. The van der Waals surface area contributed by atoms with Gasteiger partial charge in [0.15, 0.2) is 4.34 Å². The molecule has 2 aromatic rings. The number of aromatic nitrogens is 2. The van der Waals surface area contributed by atoms with E-state index in [1.54, 1.807) is 28.8 Å². The van der Waals surface area contributed by atoms with Crippen LogP contribution in [0.15, 0.2) is 28.6 Å². The number of carbonyl (C=O) groups excluding carboxylic acids is 2. The predicted octanol–water partition coefficient (Wildman–Crippen LogP) is 3.36. The Bertz CT molecular complexity index is 875. The van der Waals surface area contributed by atoms with Crippen molar-refractivity contribution in [3.8, 4) is 0 Å². The summed E-state index contributed by atoms with van der Waals surface area (Å²) in [6.07, 6.45) is 1.28. The van der Waals surface area contributed by atoms with Crippen molar-refractivity contribution in [2.24, 2.45) is 0 Å². The highest BCUT2D eigenvalue weighted by Crippen LogP contribution is 2.47. The molecular weight excluding hydrogens is 407 g/mol. The first-order chi connectivity index (χ1) is 12.9.